The normalized spacial score (nSPS) is 10.8. The van der Waals surface area contributed by atoms with E-state index in [-0.39, 0.29) is 0 Å². The van der Waals surface area contributed by atoms with Crippen molar-refractivity contribution in [2.45, 2.75) is 6.54 Å². The van der Waals surface area contributed by atoms with Gasteiger partial charge in [-0.2, -0.15) is 0 Å². The molecule has 3 rings (SSSR count). The number of benzene rings is 1. The number of aromatic nitrogens is 4. The summed E-state index contributed by atoms with van der Waals surface area (Å²) in [4.78, 5) is 6.88. The van der Waals surface area contributed by atoms with Gasteiger partial charge in [-0.1, -0.05) is 24.4 Å². The monoisotopic (exact) mass is 288 g/mol. The Labute approximate surface area is 119 Å². The Hall–Kier alpha value is -2.41. The van der Waals surface area contributed by atoms with Crippen LogP contribution in [0, 0.1) is 9.85 Å². The van der Waals surface area contributed by atoms with Gasteiger partial charge in [0.1, 0.15) is 12.3 Å². The number of rotatable bonds is 3. The molecule has 0 saturated heterocycles. The summed E-state index contributed by atoms with van der Waals surface area (Å²) < 4.78 is 7.96. The molecular weight excluding hydrogens is 276 g/mol. The van der Waals surface area contributed by atoms with E-state index in [2.05, 4.69) is 9.97 Å². The number of aromatic amines is 1. The molecule has 0 bridgehead atoms. The van der Waals surface area contributed by atoms with Crippen LogP contribution in [0.1, 0.15) is 5.56 Å². The van der Waals surface area contributed by atoms with Crippen LogP contribution in [-0.2, 0) is 6.54 Å². The van der Waals surface area contributed by atoms with E-state index in [1.807, 2.05) is 28.8 Å². The van der Waals surface area contributed by atoms with Crippen molar-refractivity contribution in [2.24, 2.45) is 0 Å². The van der Waals surface area contributed by atoms with E-state index in [1.54, 1.807) is 7.11 Å². The summed E-state index contributed by atoms with van der Waals surface area (Å²) in [6.45, 7) is 0.561. The molecule has 2 heterocycles. The third kappa shape index (κ3) is 2.12. The molecule has 102 valence electrons. The minimum Gasteiger partial charge on any atom is -0.710 e. The molecule has 0 atom stereocenters. The number of hydrogen-bond donors (Lipinski definition) is 1. The number of methoxy groups -OCH3 is 1. The first kappa shape index (κ1) is 12.6. The van der Waals surface area contributed by atoms with E-state index >= 15 is 0 Å². The lowest BCUT2D eigenvalue weighted by Crippen LogP contribution is -2.23. The first-order valence-corrected chi connectivity index (χ1v) is 6.38. The van der Waals surface area contributed by atoms with E-state index in [0.717, 1.165) is 16.0 Å². The van der Waals surface area contributed by atoms with Gasteiger partial charge in [-0.05, 0) is 17.7 Å². The lowest BCUT2D eigenvalue weighted by Gasteiger charge is -2.01. The molecule has 0 aliphatic carbocycles. The Morgan fingerprint density at radius 3 is 2.85 bits per heavy atom. The standard InChI is InChI=1S/C13H12N4O2S/c1-19-10-4-2-9(3-5-10)6-16-8-17(18)11-12(16)14-7-15-13(11)20/h2-5,7-8H,6H2,1H3,(H,14,15,20). The van der Waals surface area contributed by atoms with Crippen molar-refractivity contribution in [1.82, 2.24) is 14.5 Å². The van der Waals surface area contributed by atoms with Gasteiger partial charge in [-0.3, -0.25) is 0 Å². The fourth-order valence-electron chi connectivity index (χ4n) is 2.09. The minimum atomic E-state index is 0.294. The molecule has 0 spiro atoms. The fraction of sp³-hybridized carbons (Fsp3) is 0.154. The summed E-state index contributed by atoms with van der Waals surface area (Å²) in [5.74, 6) is 0.800. The molecule has 0 aliphatic heterocycles. The highest BCUT2D eigenvalue weighted by Crippen LogP contribution is 2.14. The zero-order valence-electron chi connectivity index (χ0n) is 10.7. The molecule has 0 radical (unpaired) electrons. The largest absolute Gasteiger partial charge is 0.710 e. The van der Waals surface area contributed by atoms with E-state index in [1.165, 1.54) is 12.7 Å². The molecule has 3 aromatic rings. The van der Waals surface area contributed by atoms with Gasteiger partial charge in [0.2, 0.25) is 11.8 Å². The first-order valence-electron chi connectivity index (χ1n) is 5.97. The molecule has 1 N–H and O–H groups in total. The van der Waals surface area contributed by atoms with E-state index < -0.39 is 0 Å². The average Bonchev–Trinajstić information content (AvgIpc) is 2.77. The highest BCUT2D eigenvalue weighted by atomic mass is 32.1. The van der Waals surface area contributed by atoms with Crippen molar-refractivity contribution >= 4 is 23.4 Å². The highest BCUT2D eigenvalue weighted by molar-refractivity contribution is 7.71. The lowest BCUT2D eigenvalue weighted by molar-refractivity contribution is -0.578. The van der Waals surface area contributed by atoms with Gasteiger partial charge in [-0.25, -0.2) is 14.3 Å². The molecular formula is C13H12N4O2S. The predicted octanol–water partition coefficient (Wildman–Crippen LogP) is 1.78. The Balaban J connectivity index is 2.02. The van der Waals surface area contributed by atoms with Crippen molar-refractivity contribution in [1.29, 1.82) is 0 Å². The molecule has 2 aromatic heterocycles. The lowest BCUT2D eigenvalue weighted by atomic mass is 10.2. The van der Waals surface area contributed by atoms with E-state index in [0.29, 0.717) is 22.3 Å². The van der Waals surface area contributed by atoms with Crippen LogP contribution in [0.2, 0.25) is 0 Å². The van der Waals surface area contributed by atoms with Gasteiger partial charge >= 0.3 is 0 Å². The van der Waals surface area contributed by atoms with E-state index in [9.17, 15) is 5.21 Å². The molecule has 0 aliphatic rings. The smallest absolute Gasteiger partial charge is 0.251 e. The topological polar surface area (TPSA) is 69.8 Å². The van der Waals surface area contributed by atoms with Gasteiger partial charge in [0.15, 0.2) is 4.64 Å². The van der Waals surface area contributed by atoms with Crippen molar-refractivity contribution < 1.29 is 9.47 Å². The summed E-state index contributed by atoms with van der Waals surface area (Å²) >= 11 is 5.07. The second-order valence-electron chi connectivity index (χ2n) is 4.32. The summed E-state index contributed by atoms with van der Waals surface area (Å²) in [7, 11) is 1.63. The number of fused-ring (bicyclic) bond motifs is 1. The number of imidazole rings is 1. The van der Waals surface area contributed by atoms with Crippen LogP contribution >= 0.6 is 12.2 Å². The van der Waals surface area contributed by atoms with Gasteiger partial charge in [0.05, 0.1) is 13.4 Å². The van der Waals surface area contributed by atoms with E-state index in [4.69, 9.17) is 17.0 Å². The van der Waals surface area contributed by atoms with Gasteiger partial charge in [-0.15, -0.1) is 0 Å². The molecule has 7 heteroatoms. The number of nitrogens with one attached hydrogen (secondary N) is 1. The number of nitrogens with zero attached hydrogens (tertiary/aromatic N) is 3. The van der Waals surface area contributed by atoms with Crippen molar-refractivity contribution in [3.05, 3.63) is 52.3 Å². The molecule has 1 aromatic carbocycles. The van der Waals surface area contributed by atoms with Crippen LogP contribution in [0.5, 0.6) is 5.75 Å². The van der Waals surface area contributed by atoms with Crippen molar-refractivity contribution in [2.75, 3.05) is 7.11 Å². The summed E-state index contributed by atoms with van der Waals surface area (Å²) in [6, 6.07) is 7.68. The van der Waals surface area contributed by atoms with Crippen molar-refractivity contribution in [3.63, 3.8) is 0 Å². The number of H-pyrrole nitrogens is 1. The predicted molar refractivity (Wildman–Crippen MR) is 76.0 cm³/mol. The summed E-state index contributed by atoms with van der Waals surface area (Å²) in [5, 5.41) is 11.9. The molecule has 6 nitrogen and oxygen atoms in total. The van der Waals surface area contributed by atoms with Gasteiger partial charge in [0, 0.05) is 0 Å². The zero-order chi connectivity index (χ0) is 14.1. The second kappa shape index (κ2) is 4.93. The van der Waals surface area contributed by atoms with Gasteiger partial charge < -0.3 is 14.9 Å². The molecule has 0 fully saturated rings. The number of ether oxygens (including phenoxy) is 1. The quantitative estimate of drug-likeness (QED) is 0.453. The van der Waals surface area contributed by atoms with Crippen LogP contribution in [0.15, 0.2) is 36.9 Å². The zero-order valence-corrected chi connectivity index (χ0v) is 11.6. The average molecular weight is 288 g/mol. The Kier molecular flexibility index (Phi) is 3.11. The van der Waals surface area contributed by atoms with Crippen LogP contribution in [-0.4, -0.2) is 21.6 Å². The minimum absolute atomic E-state index is 0.294. The third-order valence-electron chi connectivity index (χ3n) is 3.07. The van der Waals surface area contributed by atoms with Crippen LogP contribution in [0.4, 0.5) is 0 Å². The third-order valence-corrected chi connectivity index (χ3v) is 3.37. The Morgan fingerprint density at radius 1 is 1.40 bits per heavy atom. The van der Waals surface area contributed by atoms with Crippen LogP contribution in [0.3, 0.4) is 0 Å². The maximum atomic E-state index is 11.9. The summed E-state index contributed by atoms with van der Waals surface area (Å²) in [6.07, 6.45) is 2.96. The van der Waals surface area contributed by atoms with Crippen molar-refractivity contribution in [3.8, 4) is 5.75 Å². The molecule has 20 heavy (non-hydrogen) atoms. The second-order valence-corrected chi connectivity index (χ2v) is 4.71. The molecule has 0 amide bonds. The maximum Gasteiger partial charge on any atom is 0.251 e. The number of hydrogen-bond acceptors (Lipinski definition) is 4. The first-order chi connectivity index (χ1) is 9.69. The highest BCUT2D eigenvalue weighted by Gasteiger charge is 2.14. The summed E-state index contributed by atoms with van der Waals surface area (Å²) in [5.41, 5.74) is 2.10. The Bertz CT molecular complexity index is 807. The molecule has 0 saturated carbocycles. The van der Waals surface area contributed by atoms with Gasteiger partial charge in [0.25, 0.3) is 5.65 Å². The van der Waals surface area contributed by atoms with Crippen LogP contribution in [0.25, 0.3) is 11.2 Å². The molecule has 0 unspecified atom stereocenters. The SMILES string of the molecule is COc1ccc(Cn2c[n+]([O-])c3c(=S)nc[nH]c32)cc1. The fourth-order valence-corrected chi connectivity index (χ4v) is 2.33. The van der Waals surface area contributed by atoms with Crippen LogP contribution < -0.4 is 9.47 Å². The Morgan fingerprint density at radius 2 is 2.15 bits per heavy atom. The maximum absolute atomic E-state index is 11.9.